The monoisotopic (exact) mass is 278 g/mol. The molecule has 0 heteroatoms. The quantitative estimate of drug-likeness (QED) is 0.428. The fraction of sp³-hybridized carbons (Fsp3) is 0.800. The van der Waals surface area contributed by atoms with Crippen LogP contribution in [0.15, 0.2) is 23.3 Å². The molecule has 0 aliphatic heterocycles. The van der Waals surface area contributed by atoms with Gasteiger partial charge in [-0.1, -0.05) is 80.4 Å². The van der Waals surface area contributed by atoms with E-state index in [-0.39, 0.29) is 10.8 Å². The first-order valence-corrected chi connectivity index (χ1v) is 8.53. The Morgan fingerprint density at radius 2 is 0.950 bits per heavy atom. The fourth-order valence-electron chi connectivity index (χ4n) is 2.43. The molecule has 0 unspecified atom stereocenters. The lowest BCUT2D eigenvalue weighted by Gasteiger charge is -2.22. The van der Waals surface area contributed by atoms with Gasteiger partial charge in [0.25, 0.3) is 0 Å². The van der Waals surface area contributed by atoms with Gasteiger partial charge in [-0.05, 0) is 47.7 Å². The van der Waals surface area contributed by atoms with Crippen molar-refractivity contribution in [2.45, 2.75) is 93.9 Å². The van der Waals surface area contributed by atoms with Crippen LogP contribution in [0.2, 0.25) is 0 Å². The van der Waals surface area contributed by atoms with Crippen LogP contribution in [-0.2, 0) is 0 Å². The predicted octanol–water partition coefficient (Wildman–Crippen LogP) is 7.31. The molecule has 0 aromatic heterocycles. The Labute approximate surface area is 128 Å². The lowest BCUT2D eigenvalue weighted by Crippen LogP contribution is -2.07. The molecular formula is C20H38. The molecule has 0 aliphatic carbocycles. The van der Waals surface area contributed by atoms with E-state index in [9.17, 15) is 0 Å². The maximum Gasteiger partial charge on any atom is -0.0197 e. The number of allylic oxidation sites excluding steroid dienone is 4. The largest absolute Gasteiger partial charge is 0.0757 e. The fourth-order valence-corrected chi connectivity index (χ4v) is 2.43. The van der Waals surface area contributed by atoms with Crippen LogP contribution in [0, 0.1) is 10.8 Å². The highest BCUT2D eigenvalue weighted by molar-refractivity contribution is 5.33. The van der Waals surface area contributed by atoms with Crippen LogP contribution >= 0.6 is 0 Å². The highest BCUT2D eigenvalue weighted by atomic mass is 14.2. The Kier molecular flexibility index (Phi) is 8.47. The lowest BCUT2D eigenvalue weighted by molar-refractivity contribution is 0.526. The molecule has 0 aliphatic rings. The molecule has 0 saturated heterocycles. The Morgan fingerprint density at radius 1 is 0.650 bits per heavy atom. The summed E-state index contributed by atoms with van der Waals surface area (Å²) in [4.78, 5) is 0. The average Bonchev–Trinajstić information content (AvgIpc) is 2.27. The van der Waals surface area contributed by atoms with Gasteiger partial charge < -0.3 is 0 Å². The van der Waals surface area contributed by atoms with E-state index >= 15 is 0 Å². The van der Waals surface area contributed by atoms with Crippen molar-refractivity contribution in [3.63, 3.8) is 0 Å². The highest BCUT2D eigenvalue weighted by Crippen LogP contribution is 2.31. The summed E-state index contributed by atoms with van der Waals surface area (Å²) in [6.45, 7) is 18.4. The third-order valence-electron chi connectivity index (χ3n) is 3.23. The summed E-state index contributed by atoms with van der Waals surface area (Å²) in [5.41, 5.74) is 3.74. The van der Waals surface area contributed by atoms with Gasteiger partial charge in [0.05, 0.1) is 0 Å². The number of unbranched alkanes of at least 4 members (excludes halogenated alkanes) is 2. The summed E-state index contributed by atoms with van der Waals surface area (Å²) in [6, 6.07) is 0. The zero-order valence-corrected chi connectivity index (χ0v) is 15.4. The molecule has 0 aromatic carbocycles. The number of hydrogen-bond acceptors (Lipinski definition) is 0. The number of hydrogen-bond donors (Lipinski definition) is 0. The molecule has 20 heavy (non-hydrogen) atoms. The van der Waals surface area contributed by atoms with Crippen LogP contribution in [0.5, 0.6) is 0 Å². The summed E-state index contributed by atoms with van der Waals surface area (Å²) in [5.74, 6) is 0. The van der Waals surface area contributed by atoms with Gasteiger partial charge in [-0.3, -0.25) is 0 Å². The summed E-state index contributed by atoms with van der Waals surface area (Å²) in [7, 11) is 0. The van der Waals surface area contributed by atoms with Gasteiger partial charge in [0.15, 0.2) is 0 Å². The van der Waals surface area contributed by atoms with Crippen molar-refractivity contribution in [2.24, 2.45) is 10.8 Å². The molecule has 0 heterocycles. The van der Waals surface area contributed by atoms with Crippen LogP contribution in [0.3, 0.4) is 0 Å². The Hall–Kier alpha value is -0.520. The molecular weight excluding hydrogens is 240 g/mol. The normalized spacial score (nSPS) is 14.8. The molecule has 0 saturated carbocycles. The molecule has 0 radical (unpaired) electrons. The van der Waals surface area contributed by atoms with E-state index in [2.05, 4.69) is 67.5 Å². The van der Waals surface area contributed by atoms with Crippen LogP contribution in [-0.4, -0.2) is 0 Å². The van der Waals surface area contributed by atoms with E-state index in [1.807, 2.05) is 0 Å². The molecule has 0 amide bonds. The van der Waals surface area contributed by atoms with Gasteiger partial charge in [-0.2, -0.15) is 0 Å². The maximum atomic E-state index is 2.51. The minimum atomic E-state index is 0.270. The van der Waals surface area contributed by atoms with E-state index in [0.29, 0.717) is 0 Å². The number of rotatable bonds is 7. The van der Waals surface area contributed by atoms with Gasteiger partial charge in [-0.15, -0.1) is 0 Å². The molecule has 0 fully saturated rings. The molecule has 0 spiro atoms. The Bertz CT molecular complexity index is 281. The predicted molar refractivity (Wildman–Crippen MR) is 94.1 cm³/mol. The first-order chi connectivity index (χ1) is 9.09. The minimum Gasteiger partial charge on any atom is -0.0757 e. The topological polar surface area (TPSA) is 0 Å². The van der Waals surface area contributed by atoms with Crippen molar-refractivity contribution in [1.82, 2.24) is 0 Å². The Balaban J connectivity index is 5.39. The van der Waals surface area contributed by atoms with Crippen molar-refractivity contribution in [2.75, 3.05) is 0 Å². The molecule has 118 valence electrons. The zero-order valence-electron chi connectivity index (χ0n) is 15.4. The van der Waals surface area contributed by atoms with E-state index in [0.717, 1.165) is 0 Å². The summed E-state index contributed by atoms with van der Waals surface area (Å²) in [5, 5.41) is 0. The average molecular weight is 279 g/mol. The van der Waals surface area contributed by atoms with E-state index < -0.39 is 0 Å². The van der Waals surface area contributed by atoms with Gasteiger partial charge in [0.2, 0.25) is 0 Å². The summed E-state index contributed by atoms with van der Waals surface area (Å²) >= 11 is 0. The van der Waals surface area contributed by atoms with Crippen molar-refractivity contribution in [1.29, 1.82) is 0 Å². The first kappa shape index (κ1) is 19.5. The lowest BCUT2D eigenvalue weighted by atomic mass is 9.83. The van der Waals surface area contributed by atoms with Crippen LogP contribution in [0.4, 0.5) is 0 Å². The van der Waals surface area contributed by atoms with Gasteiger partial charge >= 0.3 is 0 Å². The molecule has 0 N–H and O–H groups in total. The van der Waals surface area contributed by atoms with Gasteiger partial charge in [-0.25, -0.2) is 0 Å². The molecule has 0 nitrogen and oxygen atoms in total. The zero-order chi connectivity index (χ0) is 15.8. The second-order valence-electron chi connectivity index (χ2n) is 8.28. The standard InChI is InChI=1S/C20H38/c1-9-11-13-17(15-19(3,4)5)18(14-12-10-2)16-20(6,7)8/h15-16H,9-14H2,1-8H3/b17-15+,18-16+. The van der Waals surface area contributed by atoms with Gasteiger partial charge in [0, 0.05) is 0 Å². The summed E-state index contributed by atoms with van der Waals surface area (Å²) < 4.78 is 0. The van der Waals surface area contributed by atoms with E-state index in [1.165, 1.54) is 38.5 Å². The molecule has 0 rings (SSSR count). The van der Waals surface area contributed by atoms with Crippen molar-refractivity contribution >= 4 is 0 Å². The Morgan fingerprint density at radius 3 is 1.15 bits per heavy atom. The second kappa shape index (κ2) is 8.70. The minimum absolute atomic E-state index is 0.270. The van der Waals surface area contributed by atoms with Crippen LogP contribution < -0.4 is 0 Å². The highest BCUT2D eigenvalue weighted by Gasteiger charge is 2.15. The van der Waals surface area contributed by atoms with Crippen molar-refractivity contribution in [3.05, 3.63) is 23.3 Å². The van der Waals surface area contributed by atoms with E-state index in [4.69, 9.17) is 0 Å². The third-order valence-corrected chi connectivity index (χ3v) is 3.23. The smallest absolute Gasteiger partial charge is 0.0197 e. The molecule has 0 aromatic rings. The summed E-state index contributed by atoms with van der Waals surface area (Å²) in [6.07, 6.45) is 12.6. The first-order valence-electron chi connectivity index (χ1n) is 8.53. The van der Waals surface area contributed by atoms with Gasteiger partial charge in [0.1, 0.15) is 0 Å². The SMILES string of the molecule is CCCCC(=C\C(C)(C)C)/C(=C/C(C)(C)C)CCCC. The molecule has 0 atom stereocenters. The van der Waals surface area contributed by atoms with Crippen LogP contribution in [0.25, 0.3) is 0 Å². The molecule has 0 bridgehead atoms. The van der Waals surface area contributed by atoms with E-state index in [1.54, 1.807) is 11.1 Å². The van der Waals surface area contributed by atoms with Crippen molar-refractivity contribution in [3.8, 4) is 0 Å². The maximum absolute atomic E-state index is 2.51. The van der Waals surface area contributed by atoms with Crippen molar-refractivity contribution < 1.29 is 0 Å². The second-order valence-corrected chi connectivity index (χ2v) is 8.28. The third kappa shape index (κ3) is 10.3. The van der Waals surface area contributed by atoms with Crippen LogP contribution in [0.1, 0.15) is 93.9 Å².